The highest BCUT2D eigenvalue weighted by molar-refractivity contribution is 6.20. The number of allylic oxidation sites excluding steroid dienone is 2. The third-order valence-corrected chi connectivity index (χ3v) is 8.27. The molecule has 1 N–H and O–H groups in total. The number of hydrogen-bond donors (Lipinski definition) is 1. The van der Waals surface area contributed by atoms with Crippen LogP contribution >= 0.6 is 11.6 Å². The van der Waals surface area contributed by atoms with Crippen molar-refractivity contribution in [3.63, 3.8) is 0 Å². The first-order valence-corrected chi connectivity index (χ1v) is 13.0. The molecule has 31 heavy (non-hydrogen) atoms. The summed E-state index contributed by atoms with van der Waals surface area (Å²) in [5, 5.41) is 3.69. The topological polar surface area (TPSA) is 44.7 Å². The summed E-state index contributed by atoms with van der Waals surface area (Å²) in [6.07, 6.45) is 13.5. The van der Waals surface area contributed by atoms with Gasteiger partial charge in [-0.15, -0.1) is 11.6 Å². The van der Waals surface area contributed by atoms with Crippen LogP contribution < -0.4 is 5.32 Å². The molecule has 1 heterocycles. The highest BCUT2D eigenvalue weighted by Gasteiger charge is 2.41. The zero-order valence-corrected chi connectivity index (χ0v) is 21.0. The maximum absolute atomic E-state index is 12.6. The highest BCUT2D eigenvalue weighted by atomic mass is 35.5. The largest absolute Gasteiger partial charge is 0.350 e. The molecule has 3 rings (SSSR count). The molecule has 0 aromatic carbocycles. The Morgan fingerprint density at radius 1 is 1.23 bits per heavy atom. The van der Waals surface area contributed by atoms with Crippen LogP contribution in [0.25, 0.3) is 0 Å². The fourth-order valence-electron chi connectivity index (χ4n) is 5.97. The van der Waals surface area contributed by atoms with Gasteiger partial charge in [-0.1, -0.05) is 39.8 Å². The number of halogens is 1. The number of piperidine rings is 1. The molecule has 1 saturated heterocycles. The lowest BCUT2D eigenvalue weighted by Crippen LogP contribution is -2.54. The zero-order valence-electron chi connectivity index (χ0n) is 20.2. The summed E-state index contributed by atoms with van der Waals surface area (Å²) in [5.41, 5.74) is 1.47. The van der Waals surface area contributed by atoms with E-state index >= 15 is 0 Å². The van der Waals surface area contributed by atoms with Gasteiger partial charge in [-0.05, 0) is 74.7 Å². The minimum Gasteiger partial charge on any atom is -0.350 e. The maximum Gasteiger partial charge on any atom is 0.241 e. The van der Waals surface area contributed by atoms with Crippen LogP contribution in [0.4, 0.5) is 0 Å². The number of rotatable bonds is 7. The van der Waals surface area contributed by atoms with E-state index in [1.165, 1.54) is 32.1 Å². The summed E-state index contributed by atoms with van der Waals surface area (Å²) in [7, 11) is 0. The third kappa shape index (κ3) is 7.32. The molecule has 2 fully saturated rings. The fraction of sp³-hybridized carbons (Fsp3) is 0.846. The normalized spacial score (nSPS) is 31.7. The number of hydrogen-bond acceptors (Lipinski definition) is 3. The minimum absolute atomic E-state index is 0.0627. The van der Waals surface area contributed by atoms with Crippen LogP contribution in [0.3, 0.4) is 0 Å². The van der Waals surface area contributed by atoms with Crippen molar-refractivity contribution in [1.29, 1.82) is 0 Å². The number of alkyl halides is 1. The molecule has 1 aliphatic heterocycles. The van der Waals surface area contributed by atoms with E-state index in [4.69, 9.17) is 11.6 Å². The quantitative estimate of drug-likeness (QED) is 0.414. The lowest BCUT2D eigenvalue weighted by molar-refractivity contribution is -0.121. The number of nitrogens with zero attached hydrogens (tertiary/aromatic N) is 2. The van der Waals surface area contributed by atoms with Crippen molar-refractivity contribution < 1.29 is 4.79 Å². The Bertz CT molecular complexity index is 649. The van der Waals surface area contributed by atoms with Crippen molar-refractivity contribution in [2.24, 2.45) is 28.2 Å². The summed E-state index contributed by atoms with van der Waals surface area (Å²) < 4.78 is 0. The Morgan fingerprint density at radius 3 is 2.58 bits per heavy atom. The average molecular weight is 450 g/mol. The lowest BCUT2D eigenvalue weighted by atomic mass is 9.64. The molecule has 4 nitrogen and oxygen atoms in total. The number of amides is 1. The van der Waals surface area contributed by atoms with Crippen LogP contribution in [0.15, 0.2) is 17.1 Å². The van der Waals surface area contributed by atoms with Gasteiger partial charge in [-0.25, -0.2) is 0 Å². The van der Waals surface area contributed by atoms with Crippen molar-refractivity contribution in [2.45, 2.75) is 90.5 Å². The van der Waals surface area contributed by atoms with Gasteiger partial charge in [0.15, 0.2) is 0 Å². The van der Waals surface area contributed by atoms with E-state index in [2.05, 4.69) is 55.1 Å². The standard InChI is InChI=1S/C26H44ClN3O/c1-19(2)24(29-25(31)16-28-22-8-6-5-7-9-22)17-30-15-14-23(26(3,4)18-30)20-10-12-21(27)13-11-20/h5-6,19-21,23-24H,7-18H2,1-4H3,(H,29,31)/t20?,21?,23?,24-/m0/s1. The first kappa shape index (κ1) is 24.8. The highest BCUT2D eigenvalue weighted by Crippen LogP contribution is 2.45. The van der Waals surface area contributed by atoms with E-state index in [0.717, 1.165) is 56.4 Å². The van der Waals surface area contributed by atoms with Crippen LogP contribution in [0, 0.1) is 23.2 Å². The van der Waals surface area contributed by atoms with Gasteiger partial charge in [0.25, 0.3) is 0 Å². The fourth-order valence-corrected chi connectivity index (χ4v) is 6.22. The second kappa shape index (κ2) is 11.3. The van der Waals surface area contributed by atoms with Gasteiger partial charge in [-0.3, -0.25) is 9.79 Å². The molecule has 1 saturated carbocycles. The van der Waals surface area contributed by atoms with Crippen LogP contribution in [-0.4, -0.2) is 54.1 Å². The van der Waals surface area contributed by atoms with Gasteiger partial charge in [0, 0.05) is 36.6 Å². The predicted octanol–water partition coefficient (Wildman–Crippen LogP) is 5.45. The number of nitrogens with one attached hydrogen (secondary N) is 1. The SMILES string of the molecule is CC(C)[C@H](CN1CCC(C2CCC(Cl)CC2)C(C)(C)C1)NC(=O)CN=C1CC=CCC1. The minimum atomic E-state index is 0.0627. The molecule has 2 aliphatic carbocycles. The average Bonchev–Trinajstić information content (AvgIpc) is 2.73. The van der Waals surface area contributed by atoms with Gasteiger partial charge in [0.1, 0.15) is 6.54 Å². The molecule has 2 atom stereocenters. The first-order chi connectivity index (χ1) is 14.7. The Kier molecular flexibility index (Phi) is 9.04. The molecule has 0 aromatic heterocycles. The Hall–Kier alpha value is -0.870. The van der Waals surface area contributed by atoms with Gasteiger partial charge in [0.2, 0.25) is 5.91 Å². The zero-order chi connectivity index (χ0) is 22.4. The van der Waals surface area contributed by atoms with E-state index in [9.17, 15) is 4.79 Å². The Balaban J connectivity index is 1.50. The van der Waals surface area contributed by atoms with Crippen molar-refractivity contribution in [3.05, 3.63) is 12.2 Å². The molecule has 0 aromatic rings. The van der Waals surface area contributed by atoms with Crippen molar-refractivity contribution in [3.8, 4) is 0 Å². The van der Waals surface area contributed by atoms with Crippen LogP contribution in [0.1, 0.15) is 79.1 Å². The van der Waals surface area contributed by atoms with E-state index in [1.807, 2.05) is 0 Å². The summed E-state index contributed by atoms with van der Waals surface area (Å²) in [6, 6.07) is 0.179. The summed E-state index contributed by atoms with van der Waals surface area (Å²) in [5.74, 6) is 2.10. The van der Waals surface area contributed by atoms with Gasteiger partial charge < -0.3 is 10.2 Å². The molecule has 5 heteroatoms. The predicted molar refractivity (Wildman–Crippen MR) is 132 cm³/mol. The van der Waals surface area contributed by atoms with E-state index in [1.54, 1.807) is 0 Å². The monoisotopic (exact) mass is 449 g/mol. The Morgan fingerprint density at radius 2 is 1.97 bits per heavy atom. The number of carbonyl (C=O) groups excluding carboxylic acids is 1. The first-order valence-electron chi connectivity index (χ1n) is 12.6. The molecule has 1 unspecified atom stereocenters. The molecule has 0 radical (unpaired) electrons. The van der Waals surface area contributed by atoms with Gasteiger partial charge in [-0.2, -0.15) is 0 Å². The molecular formula is C26H44ClN3O. The smallest absolute Gasteiger partial charge is 0.241 e. The Labute approximate surface area is 195 Å². The van der Waals surface area contributed by atoms with E-state index in [0.29, 0.717) is 16.7 Å². The number of aliphatic imine (C=N–C) groups is 1. The van der Waals surface area contributed by atoms with Crippen molar-refractivity contribution in [1.82, 2.24) is 10.2 Å². The van der Waals surface area contributed by atoms with Gasteiger partial charge in [0.05, 0.1) is 0 Å². The second-order valence-electron chi connectivity index (χ2n) is 11.1. The molecule has 176 valence electrons. The second-order valence-corrected chi connectivity index (χ2v) is 11.8. The maximum atomic E-state index is 12.6. The molecule has 1 amide bonds. The molecule has 0 spiro atoms. The summed E-state index contributed by atoms with van der Waals surface area (Å²) in [6.45, 7) is 12.8. The van der Waals surface area contributed by atoms with E-state index in [-0.39, 0.29) is 18.5 Å². The third-order valence-electron chi connectivity index (χ3n) is 7.83. The molecule has 0 bridgehead atoms. The summed E-state index contributed by atoms with van der Waals surface area (Å²) in [4.78, 5) is 19.7. The van der Waals surface area contributed by atoms with Crippen LogP contribution in [0.5, 0.6) is 0 Å². The number of likely N-dealkylation sites (tertiary alicyclic amines) is 1. The van der Waals surface area contributed by atoms with Crippen LogP contribution in [-0.2, 0) is 4.79 Å². The molecular weight excluding hydrogens is 406 g/mol. The van der Waals surface area contributed by atoms with Crippen LogP contribution in [0.2, 0.25) is 0 Å². The molecule has 3 aliphatic rings. The lowest BCUT2D eigenvalue weighted by Gasteiger charge is -2.49. The number of carbonyl (C=O) groups is 1. The van der Waals surface area contributed by atoms with Crippen molar-refractivity contribution >= 4 is 23.2 Å². The van der Waals surface area contributed by atoms with Gasteiger partial charge >= 0.3 is 0 Å². The summed E-state index contributed by atoms with van der Waals surface area (Å²) >= 11 is 6.36. The van der Waals surface area contributed by atoms with E-state index < -0.39 is 0 Å². The van der Waals surface area contributed by atoms with Crippen molar-refractivity contribution in [2.75, 3.05) is 26.2 Å².